The number of methoxy groups -OCH3 is 1. The third-order valence-electron chi connectivity index (χ3n) is 2.01. The second-order valence-electron chi connectivity index (χ2n) is 3.30. The number of ether oxygens (including phenoxy) is 1. The molecule has 0 aromatic rings. The minimum absolute atomic E-state index is 0.154. The van der Waals surface area contributed by atoms with Gasteiger partial charge in [0.05, 0.1) is 7.11 Å². The Balaban J connectivity index is 4.81. The molecule has 0 fully saturated rings. The molecule has 1 N–H and O–H groups in total. The number of aliphatic imine (C=N–C) groups is 1. The highest BCUT2D eigenvalue weighted by atomic mass is 16.5. The molecule has 0 heterocycles. The van der Waals surface area contributed by atoms with Crippen molar-refractivity contribution < 1.29 is 9.84 Å². The standard InChI is InChI=1S/C13H21NO2/c1-5-7-11(14-3)9-10-13(16-4)12(15)8-6-2/h8-10,15H,3,5-7H2,1-2,4H3/b11-9-,12-8+,13-10-. The molecule has 0 spiro atoms. The van der Waals surface area contributed by atoms with Crippen LogP contribution in [0.15, 0.2) is 40.4 Å². The van der Waals surface area contributed by atoms with Crippen molar-refractivity contribution in [2.75, 3.05) is 7.11 Å². The van der Waals surface area contributed by atoms with Gasteiger partial charge in [-0.1, -0.05) is 20.3 Å². The second-order valence-corrected chi connectivity index (χ2v) is 3.30. The van der Waals surface area contributed by atoms with E-state index in [2.05, 4.69) is 18.6 Å². The molecule has 90 valence electrons. The zero-order valence-corrected chi connectivity index (χ0v) is 10.4. The molecule has 16 heavy (non-hydrogen) atoms. The fourth-order valence-corrected chi connectivity index (χ4v) is 1.20. The van der Waals surface area contributed by atoms with Crippen LogP contribution in [0.3, 0.4) is 0 Å². The number of rotatable bonds is 7. The van der Waals surface area contributed by atoms with Crippen LogP contribution in [-0.2, 0) is 4.74 Å². The molecule has 0 atom stereocenters. The van der Waals surface area contributed by atoms with Gasteiger partial charge in [0.15, 0.2) is 11.5 Å². The summed E-state index contributed by atoms with van der Waals surface area (Å²) in [7, 11) is 1.53. The Morgan fingerprint density at radius 2 is 2.06 bits per heavy atom. The Labute approximate surface area is 97.9 Å². The average Bonchev–Trinajstić information content (AvgIpc) is 2.28. The van der Waals surface area contributed by atoms with E-state index in [9.17, 15) is 5.11 Å². The van der Waals surface area contributed by atoms with Crippen LogP contribution >= 0.6 is 0 Å². The lowest BCUT2D eigenvalue weighted by Crippen LogP contribution is -1.91. The van der Waals surface area contributed by atoms with Crippen LogP contribution < -0.4 is 0 Å². The monoisotopic (exact) mass is 223 g/mol. The normalized spacial score (nSPS) is 13.8. The summed E-state index contributed by atoms with van der Waals surface area (Å²) in [5.74, 6) is 0.597. The van der Waals surface area contributed by atoms with Crippen molar-refractivity contribution >= 4 is 6.72 Å². The summed E-state index contributed by atoms with van der Waals surface area (Å²) in [5.41, 5.74) is 0.890. The molecule has 0 amide bonds. The van der Waals surface area contributed by atoms with Crippen LogP contribution in [0.5, 0.6) is 0 Å². The number of allylic oxidation sites excluding steroid dienone is 4. The van der Waals surface area contributed by atoms with E-state index in [1.54, 1.807) is 12.2 Å². The molecular formula is C13H21NO2. The maximum atomic E-state index is 9.62. The summed E-state index contributed by atoms with van der Waals surface area (Å²) >= 11 is 0. The summed E-state index contributed by atoms with van der Waals surface area (Å²) < 4.78 is 5.07. The molecule has 0 saturated carbocycles. The van der Waals surface area contributed by atoms with E-state index >= 15 is 0 Å². The van der Waals surface area contributed by atoms with E-state index in [0.717, 1.165) is 25.0 Å². The van der Waals surface area contributed by atoms with Gasteiger partial charge < -0.3 is 9.84 Å². The summed E-state index contributed by atoms with van der Waals surface area (Å²) in [4.78, 5) is 3.90. The molecule has 0 rings (SSSR count). The quantitative estimate of drug-likeness (QED) is 0.405. The van der Waals surface area contributed by atoms with Gasteiger partial charge in [-0.15, -0.1) is 0 Å². The topological polar surface area (TPSA) is 41.8 Å². The van der Waals surface area contributed by atoms with E-state index in [0.29, 0.717) is 5.76 Å². The lowest BCUT2D eigenvalue weighted by molar-refractivity contribution is 0.255. The number of aliphatic hydroxyl groups excluding tert-OH is 1. The minimum Gasteiger partial charge on any atom is -0.504 e. The van der Waals surface area contributed by atoms with E-state index in [1.165, 1.54) is 7.11 Å². The zero-order valence-electron chi connectivity index (χ0n) is 10.4. The lowest BCUT2D eigenvalue weighted by Gasteiger charge is -2.04. The van der Waals surface area contributed by atoms with Crippen molar-refractivity contribution in [3.63, 3.8) is 0 Å². The predicted molar refractivity (Wildman–Crippen MR) is 68.6 cm³/mol. The molecule has 0 saturated heterocycles. The number of hydrogen-bond acceptors (Lipinski definition) is 3. The van der Waals surface area contributed by atoms with Gasteiger partial charge in [-0.2, -0.15) is 0 Å². The number of nitrogens with zero attached hydrogens (tertiary/aromatic N) is 1. The van der Waals surface area contributed by atoms with Gasteiger partial charge in [0, 0.05) is 5.70 Å². The second kappa shape index (κ2) is 8.77. The van der Waals surface area contributed by atoms with Crippen LogP contribution in [0.2, 0.25) is 0 Å². The Bertz CT molecular complexity index is 301. The molecule has 0 bridgehead atoms. The highest BCUT2D eigenvalue weighted by Crippen LogP contribution is 2.11. The Hall–Kier alpha value is -1.51. The van der Waals surface area contributed by atoms with E-state index in [-0.39, 0.29) is 5.76 Å². The van der Waals surface area contributed by atoms with Gasteiger partial charge in [0.1, 0.15) is 0 Å². The maximum Gasteiger partial charge on any atom is 0.160 e. The van der Waals surface area contributed by atoms with Gasteiger partial charge in [-0.25, -0.2) is 0 Å². The summed E-state index contributed by atoms with van der Waals surface area (Å²) in [6.45, 7) is 7.53. The fourth-order valence-electron chi connectivity index (χ4n) is 1.20. The molecule has 0 aromatic carbocycles. The van der Waals surface area contributed by atoms with Crippen LogP contribution in [0.25, 0.3) is 0 Å². The first-order valence-electron chi connectivity index (χ1n) is 5.50. The van der Waals surface area contributed by atoms with Gasteiger partial charge in [-0.05, 0) is 37.8 Å². The Morgan fingerprint density at radius 3 is 2.50 bits per heavy atom. The third kappa shape index (κ3) is 5.39. The SMILES string of the molecule is C=N\C(=C/C=C(OC)/C(O)=C\CC)CCC. The van der Waals surface area contributed by atoms with Crippen molar-refractivity contribution in [3.05, 3.63) is 35.4 Å². The zero-order chi connectivity index (χ0) is 12.4. The van der Waals surface area contributed by atoms with Crippen LogP contribution in [0.4, 0.5) is 0 Å². The number of hydrogen-bond donors (Lipinski definition) is 1. The Morgan fingerprint density at radius 1 is 1.38 bits per heavy atom. The predicted octanol–water partition coefficient (Wildman–Crippen LogP) is 3.75. The molecule has 3 nitrogen and oxygen atoms in total. The smallest absolute Gasteiger partial charge is 0.160 e. The molecule has 0 aliphatic heterocycles. The first-order chi connectivity index (χ1) is 7.69. The van der Waals surface area contributed by atoms with Crippen molar-refractivity contribution in [1.82, 2.24) is 0 Å². The molecule has 0 unspecified atom stereocenters. The first kappa shape index (κ1) is 14.5. The Kier molecular flexibility index (Phi) is 7.94. The minimum atomic E-state index is 0.154. The van der Waals surface area contributed by atoms with Crippen molar-refractivity contribution in [2.24, 2.45) is 4.99 Å². The van der Waals surface area contributed by atoms with Crippen LogP contribution in [0, 0.1) is 0 Å². The maximum absolute atomic E-state index is 9.62. The van der Waals surface area contributed by atoms with Crippen molar-refractivity contribution in [3.8, 4) is 0 Å². The third-order valence-corrected chi connectivity index (χ3v) is 2.01. The van der Waals surface area contributed by atoms with Crippen LogP contribution in [-0.4, -0.2) is 18.9 Å². The molecule has 0 aliphatic rings. The molecule has 0 radical (unpaired) electrons. The van der Waals surface area contributed by atoms with E-state index in [1.807, 2.05) is 13.0 Å². The molecule has 3 heteroatoms. The lowest BCUT2D eigenvalue weighted by atomic mass is 10.2. The highest BCUT2D eigenvalue weighted by molar-refractivity contribution is 5.32. The fraction of sp³-hybridized carbons (Fsp3) is 0.462. The highest BCUT2D eigenvalue weighted by Gasteiger charge is 2.00. The van der Waals surface area contributed by atoms with Gasteiger partial charge in [-0.3, -0.25) is 4.99 Å². The molecule has 0 aromatic heterocycles. The van der Waals surface area contributed by atoms with Crippen molar-refractivity contribution in [2.45, 2.75) is 33.1 Å². The van der Waals surface area contributed by atoms with Crippen LogP contribution in [0.1, 0.15) is 33.1 Å². The largest absolute Gasteiger partial charge is 0.504 e. The molecular weight excluding hydrogens is 202 g/mol. The van der Waals surface area contributed by atoms with Gasteiger partial charge >= 0.3 is 0 Å². The van der Waals surface area contributed by atoms with E-state index < -0.39 is 0 Å². The molecule has 0 aliphatic carbocycles. The average molecular weight is 223 g/mol. The summed E-state index contributed by atoms with van der Waals surface area (Å²) in [5, 5.41) is 9.62. The van der Waals surface area contributed by atoms with Gasteiger partial charge in [0.2, 0.25) is 0 Å². The summed E-state index contributed by atoms with van der Waals surface area (Å²) in [6.07, 6.45) is 7.87. The number of aliphatic hydroxyl groups is 1. The summed E-state index contributed by atoms with van der Waals surface area (Å²) in [6, 6.07) is 0. The van der Waals surface area contributed by atoms with Gasteiger partial charge in [0.25, 0.3) is 0 Å². The first-order valence-corrected chi connectivity index (χ1v) is 5.50. The van der Waals surface area contributed by atoms with Crippen molar-refractivity contribution in [1.29, 1.82) is 0 Å². The van der Waals surface area contributed by atoms with E-state index in [4.69, 9.17) is 4.74 Å².